The predicted octanol–water partition coefficient (Wildman–Crippen LogP) is 0.552. The zero-order valence-electron chi connectivity index (χ0n) is 4.97. The van der Waals surface area contributed by atoms with Crippen LogP contribution in [0.2, 0.25) is 0 Å². The van der Waals surface area contributed by atoms with Gasteiger partial charge in [-0.1, -0.05) is 0 Å². The fourth-order valence-corrected chi connectivity index (χ4v) is 0.351. The molecule has 0 amide bonds. The second kappa shape index (κ2) is 5.07. The minimum Gasteiger partial charge on any atom is -0.300 e. The van der Waals surface area contributed by atoms with Gasteiger partial charge in [-0.3, -0.25) is 9.59 Å². The summed E-state index contributed by atoms with van der Waals surface area (Å²) in [5.41, 5.74) is 0. The van der Waals surface area contributed by atoms with Crippen molar-refractivity contribution in [3.8, 4) is 0 Å². The van der Waals surface area contributed by atoms with Gasteiger partial charge in [-0.15, -0.1) is 0 Å². The molecule has 1 radical (unpaired) electrons. The zero-order valence-corrected chi connectivity index (χ0v) is 6.37. The molecule has 0 aromatic rings. The van der Waals surface area contributed by atoms with Gasteiger partial charge >= 0.3 is 18.6 Å². The van der Waals surface area contributed by atoms with E-state index in [1.165, 1.54) is 13.8 Å². The number of carbonyl (C=O) groups excluding carboxylic acids is 2. The Morgan fingerprint density at radius 3 is 1.38 bits per heavy atom. The van der Waals surface area contributed by atoms with Crippen LogP contribution in [0.15, 0.2) is 0 Å². The van der Waals surface area contributed by atoms with Crippen LogP contribution in [0.3, 0.4) is 0 Å². The first-order valence-electron chi connectivity index (χ1n) is 2.12. The third-order valence-corrected chi connectivity index (χ3v) is 0.498. The van der Waals surface area contributed by atoms with E-state index in [4.69, 9.17) is 0 Å². The first-order chi connectivity index (χ1) is 3.13. The molecule has 0 unspecified atom stereocenters. The van der Waals surface area contributed by atoms with E-state index < -0.39 is 0 Å². The van der Waals surface area contributed by atoms with Crippen LogP contribution in [0.1, 0.15) is 20.3 Å². The largest absolute Gasteiger partial charge is 4.00 e. The molecule has 2 nitrogen and oxygen atoms in total. The number of hydrogen-bond donors (Lipinski definition) is 0. The van der Waals surface area contributed by atoms with Gasteiger partial charge in [0.15, 0.2) is 0 Å². The Labute approximate surface area is 60.5 Å². The summed E-state index contributed by atoms with van der Waals surface area (Å²) in [4.78, 5) is 20.1. The van der Waals surface area contributed by atoms with Crippen molar-refractivity contribution in [1.82, 2.24) is 0 Å². The molecule has 0 fully saturated rings. The van der Waals surface area contributed by atoms with E-state index in [9.17, 15) is 9.59 Å². The standard InChI is InChI=1S/C5H8O2.V/c1-4(6)3-5(2)7;/h3H2,1-2H3;/q;+4. The van der Waals surface area contributed by atoms with Crippen LogP contribution in [0.4, 0.5) is 0 Å². The smallest absolute Gasteiger partial charge is 0.300 e. The summed E-state index contributed by atoms with van der Waals surface area (Å²) in [6.45, 7) is 2.81. The molecule has 0 atom stereocenters. The summed E-state index contributed by atoms with van der Waals surface area (Å²) < 4.78 is 0. The first kappa shape index (κ1) is 10.8. The maximum Gasteiger partial charge on any atom is 4.00 e. The molecular formula is C5H8O2V+4. The van der Waals surface area contributed by atoms with Crippen LogP contribution in [0.25, 0.3) is 0 Å². The SMILES string of the molecule is CC(=O)CC(C)=O.[V+4]. The van der Waals surface area contributed by atoms with Crippen molar-refractivity contribution in [3.05, 3.63) is 0 Å². The van der Waals surface area contributed by atoms with E-state index >= 15 is 0 Å². The fourth-order valence-electron chi connectivity index (χ4n) is 0.351. The maximum atomic E-state index is 10.0. The molecule has 8 heavy (non-hydrogen) atoms. The van der Waals surface area contributed by atoms with Gasteiger partial charge in [-0.2, -0.15) is 0 Å². The van der Waals surface area contributed by atoms with E-state index in [1.807, 2.05) is 0 Å². The zero-order chi connectivity index (χ0) is 5.86. The second-order valence-electron chi connectivity index (χ2n) is 1.58. The minimum atomic E-state index is -0.0625. The molecule has 0 aliphatic heterocycles. The Balaban J connectivity index is 0. The monoisotopic (exact) mass is 151 g/mol. The Morgan fingerprint density at radius 2 is 1.38 bits per heavy atom. The average molecular weight is 151 g/mol. The summed E-state index contributed by atoms with van der Waals surface area (Å²) in [6.07, 6.45) is 0.0833. The van der Waals surface area contributed by atoms with Crippen LogP contribution in [-0.2, 0) is 28.1 Å². The first-order valence-corrected chi connectivity index (χ1v) is 2.12. The Bertz CT molecular complexity index is 86.6. The van der Waals surface area contributed by atoms with Crippen molar-refractivity contribution >= 4 is 11.6 Å². The van der Waals surface area contributed by atoms with E-state index in [0.29, 0.717) is 0 Å². The molecule has 0 aromatic carbocycles. The third-order valence-electron chi connectivity index (χ3n) is 0.498. The van der Waals surface area contributed by atoms with E-state index in [2.05, 4.69) is 0 Å². The Hall–Kier alpha value is -0.0756. The van der Waals surface area contributed by atoms with Crippen LogP contribution < -0.4 is 0 Å². The molecule has 0 aliphatic carbocycles. The van der Waals surface area contributed by atoms with Crippen molar-refractivity contribution in [3.63, 3.8) is 0 Å². The molecule has 0 aromatic heterocycles. The summed E-state index contributed by atoms with van der Waals surface area (Å²) in [7, 11) is 0. The molecule has 0 heterocycles. The van der Waals surface area contributed by atoms with Crippen LogP contribution in [0.5, 0.6) is 0 Å². The number of rotatable bonds is 2. The Kier molecular flexibility index (Phi) is 6.86. The van der Waals surface area contributed by atoms with E-state index in [1.54, 1.807) is 0 Å². The molecule has 0 N–H and O–H groups in total. The van der Waals surface area contributed by atoms with Crippen LogP contribution in [-0.4, -0.2) is 11.6 Å². The summed E-state index contributed by atoms with van der Waals surface area (Å²) in [5, 5.41) is 0. The van der Waals surface area contributed by atoms with Gasteiger partial charge in [-0.25, -0.2) is 0 Å². The van der Waals surface area contributed by atoms with Gasteiger partial charge in [-0.05, 0) is 13.8 Å². The van der Waals surface area contributed by atoms with Crippen LogP contribution in [0, 0.1) is 0 Å². The molecule has 3 heteroatoms. The second-order valence-corrected chi connectivity index (χ2v) is 1.58. The summed E-state index contributed by atoms with van der Waals surface area (Å²) in [6, 6.07) is 0. The van der Waals surface area contributed by atoms with Gasteiger partial charge in [0.2, 0.25) is 0 Å². The summed E-state index contributed by atoms with van der Waals surface area (Å²) >= 11 is 0. The average Bonchev–Trinajstić information content (AvgIpc) is 1.27. The van der Waals surface area contributed by atoms with Gasteiger partial charge in [0.1, 0.15) is 11.6 Å². The van der Waals surface area contributed by atoms with Crippen molar-refractivity contribution in [2.75, 3.05) is 0 Å². The quantitative estimate of drug-likeness (QED) is 0.540. The predicted molar refractivity (Wildman–Crippen MR) is 26.0 cm³/mol. The molecule has 0 aliphatic rings. The van der Waals surface area contributed by atoms with Crippen molar-refractivity contribution in [2.45, 2.75) is 20.3 Å². The summed E-state index contributed by atoms with van der Waals surface area (Å²) in [5.74, 6) is -0.125. The topological polar surface area (TPSA) is 34.1 Å². The van der Waals surface area contributed by atoms with Crippen molar-refractivity contribution in [2.24, 2.45) is 0 Å². The molecule has 0 bridgehead atoms. The van der Waals surface area contributed by atoms with Gasteiger partial charge < -0.3 is 0 Å². The van der Waals surface area contributed by atoms with Crippen molar-refractivity contribution < 1.29 is 28.1 Å². The molecule has 0 rings (SSSR count). The van der Waals surface area contributed by atoms with Gasteiger partial charge in [0.25, 0.3) is 0 Å². The normalized spacial score (nSPS) is 7.25. The third kappa shape index (κ3) is 9.33. The molecule has 0 saturated heterocycles. The minimum absolute atomic E-state index is 0. The van der Waals surface area contributed by atoms with E-state index in [-0.39, 0.29) is 36.5 Å². The molecule has 0 saturated carbocycles. The van der Waals surface area contributed by atoms with E-state index in [0.717, 1.165) is 0 Å². The van der Waals surface area contributed by atoms with Crippen LogP contribution >= 0.6 is 0 Å². The fraction of sp³-hybridized carbons (Fsp3) is 0.600. The number of Topliss-reactive ketones (excluding diaryl/α,β-unsaturated/α-hetero) is 2. The molecule has 41 valence electrons. The number of hydrogen-bond acceptors (Lipinski definition) is 2. The maximum absolute atomic E-state index is 10.0. The molecular weight excluding hydrogens is 143 g/mol. The molecule has 0 spiro atoms. The van der Waals surface area contributed by atoms with Crippen molar-refractivity contribution in [1.29, 1.82) is 0 Å². The number of ketones is 2. The van der Waals surface area contributed by atoms with Gasteiger partial charge in [0, 0.05) is 0 Å². The van der Waals surface area contributed by atoms with Gasteiger partial charge in [0.05, 0.1) is 6.42 Å². The Morgan fingerprint density at radius 1 is 1.12 bits per heavy atom. The number of carbonyl (C=O) groups is 2.